The largest absolute Gasteiger partial charge is 0.778 e. The number of anilines is 2. The van der Waals surface area contributed by atoms with Crippen LogP contribution in [-0.2, 0) is 71.2 Å². The van der Waals surface area contributed by atoms with Gasteiger partial charge in [0.2, 0.25) is 18.5 Å². The molecule has 4 unspecified atom stereocenters. The number of hydrogen-bond acceptors (Lipinski definition) is 27. The molecule has 0 aliphatic carbocycles. The third kappa shape index (κ3) is 11.2. The molecule has 0 amide bonds. The molecule has 3 aliphatic rings. The van der Waals surface area contributed by atoms with Gasteiger partial charge in [-0.1, -0.05) is 0 Å². The van der Waals surface area contributed by atoms with Crippen molar-refractivity contribution < 1.29 is 104 Å². The fourth-order valence-corrected chi connectivity index (χ4v) is 13.7. The van der Waals surface area contributed by atoms with Gasteiger partial charge in [0.15, 0.2) is 23.9 Å². The second-order valence-corrected chi connectivity index (χ2v) is 22.9. The van der Waals surface area contributed by atoms with E-state index in [0.717, 1.165) is 41.2 Å². The number of H-pyrrole nitrogens is 2. The highest BCUT2D eigenvalue weighted by Gasteiger charge is 2.55. The van der Waals surface area contributed by atoms with E-state index >= 15 is 0 Å². The van der Waals surface area contributed by atoms with Crippen LogP contribution in [0, 0.1) is 5.92 Å². The number of rotatable bonds is 20. The number of hydrogen-bond donors (Lipinski definition) is 10. The first-order chi connectivity index (χ1) is 34.2. The van der Waals surface area contributed by atoms with Gasteiger partial charge in [-0.3, -0.25) is 37.7 Å². The van der Waals surface area contributed by atoms with Crippen molar-refractivity contribution in [3.63, 3.8) is 0 Å². The van der Waals surface area contributed by atoms with Crippen LogP contribution in [0.25, 0.3) is 22.3 Å². The third-order valence-corrected chi connectivity index (χ3v) is 17.8. The standard InChI is InChI=1S/C33H46N12O24P4/c1-42-12-45(27-19(42)28(50)41-32(35)40-27)29-20(47)13(6-60-2)14(65-29)7-63-71(54,55)68-73(58,59)69-72(56,57)64-9-16-24(23(61-3)31(67-16)44-11-38-18-25(34)36-10-37-26(18)44)70(52,53)62-8-15-21(48)22(49)30(66-15)43-5-4-17(46)39-33(43)51/h4-5,10-16,20-24,29-31,47-49H,6-9H2,1-3H3,(H9-,34,35,36,37,39,40,41,46,50,51,52,53,54,55,56,57,58,59)/t13-,14-,15-,16-,20-,21-,22-,23-,24-,29-,30-,31-/m1/s1. The third-order valence-electron chi connectivity index (χ3n) is 11.7. The van der Waals surface area contributed by atoms with Crippen LogP contribution in [0.3, 0.4) is 0 Å². The van der Waals surface area contributed by atoms with Gasteiger partial charge in [-0.05, 0) is 0 Å². The molecular formula is C33H46N12O24P4. The molecule has 3 aliphatic heterocycles. The van der Waals surface area contributed by atoms with Crippen molar-refractivity contribution in [1.82, 2.24) is 43.6 Å². The van der Waals surface area contributed by atoms with Gasteiger partial charge in [-0.2, -0.15) is 18.2 Å². The lowest BCUT2D eigenvalue weighted by Gasteiger charge is -2.35. The molecule has 5 aromatic rings. The minimum Gasteiger partial charge on any atom is -0.778 e. The fourth-order valence-electron chi connectivity index (χ4n) is 8.46. The van der Waals surface area contributed by atoms with E-state index < -0.39 is 141 Å². The van der Waals surface area contributed by atoms with Crippen LogP contribution in [0.4, 0.5) is 11.8 Å². The van der Waals surface area contributed by atoms with E-state index in [9.17, 15) is 67.5 Å². The predicted molar refractivity (Wildman–Crippen MR) is 234 cm³/mol. The van der Waals surface area contributed by atoms with Crippen molar-refractivity contribution in [1.29, 1.82) is 0 Å². The van der Waals surface area contributed by atoms with Gasteiger partial charge in [-0.15, -0.1) is 0 Å². The number of imidazole rings is 2. The number of nitrogen functional groups attached to an aromatic ring is 2. The Balaban J connectivity index is 0.957. The Hall–Kier alpha value is -4.58. The Bertz CT molecular complexity index is 3240. The van der Waals surface area contributed by atoms with E-state index in [1.807, 2.05) is 4.98 Å². The molecule has 402 valence electrons. The first-order valence-electron chi connectivity index (χ1n) is 20.9. The lowest BCUT2D eigenvalue weighted by atomic mass is 9.99. The molecule has 36 nitrogen and oxygen atoms in total. The zero-order valence-corrected chi connectivity index (χ0v) is 41.3. The number of methoxy groups -OCH3 is 2. The van der Waals surface area contributed by atoms with Crippen LogP contribution in [0.15, 0.2) is 45.6 Å². The Morgan fingerprint density at radius 2 is 1.40 bits per heavy atom. The number of nitrogens with one attached hydrogen (secondary N) is 2. The Kier molecular flexibility index (Phi) is 15.6. The number of aryl methyl sites for hydroxylation is 1. The summed E-state index contributed by atoms with van der Waals surface area (Å²) in [4.78, 5) is 103. The fraction of sp³-hybridized carbons (Fsp3) is 0.576. The number of aliphatic hydroxyl groups is 3. The van der Waals surface area contributed by atoms with E-state index in [1.165, 1.54) is 29.6 Å². The van der Waals surface area contributed by atoms with Gasteiger partial charge in [0.1, 0.15) is 50.0 Å². The molecular weight excluding hydrogens is 1070 g/mol. The molecule has 16 atom stereocenters. The highest BCUT2D eigenvalue weighted by molar-refractivity contribution is 7.66. The van der Waals surface area contributed by atoms with Gasteiger partial charge < -0.3 is 79.1 Å². The van der Waals surface area contributed by atoms with Crippen molar-refractivity contribution in [2.45, 2.75) is 67.1 Å². The summed E-state index contributed by atoms with van der Waals surface area (Å²) in [6.07, 6.45) is -12.0. The smallest absolute Gasteiger partial charge is 0.490 e. The number of aromatic nitrogens is 10. The first-order valence-corrected chi connectivity index (χ1v) is 27.0. The maximum absolute atomic E-state index is 14.2. The monoisotopic (exact) mass is 1120 g/mol. The summed E-state index contributed by atoms with van der Waals surface area (Å²) < 4.78 is 110. The van der Waals surface area contributed by atoms with Crippen molar-refractivity contribution in [3.05, 3.63) is 62.4 Å². The molecule has 8 rings (SSSR count). The molecule has 0 saturated carbocycles. The second-order valence-electron chi connectivity index (χ2n) is 16.3. The lowest BCUT2D eigenvalue weighted by molar-refractivity contribution is -0.646. The molecule has 0 radical (unpaired) electrons. The maximum Gasteiger partial charge on any atom is 0.490 e. The number of nitrogens with two attached hydrogens (primary N) is 2. The molecule has 0 spiro atoms. The van der Waals surface area contributed by atoms with Gasteiger partial charge in [-0.25, -0.2) is 38.0 Å². The van der Waals surface area contributed by atoms with E-state index in [1.54, 1.807) is 0 Å². The van der Waals surface area contributed by atoms with E-state index in [-0.39, 0.29) is 40.7 Å². The molecule has 0 aromatic carbocycles. The maximum atomic E-state index is 14.2. The average molecular weight is 1120 g/mol. The quantitative estimate of drug-likeness (QED) is 0.0259. The van der Waals surface area contributed by atoms with Gasteiger partial charge >= 0.3 is 34.7 Å². The van der Waals surface area contributed by atoms with Gasteiger partial charge in [0.25, 0.3) is 16.7 Å². The molecule has 3 saturated heterocycles. The number of aliphatic hydroxyl groups excluding tert-OH is 3. The van der Waals surface area contributed by atoms with E-state index in [4.69, 9.17) is 48.7 Å². The zero-order valence-electron chi connectivity index (χ0n) is 37.7. The van der Waals surface area contributed by atoms with Crippen LogP contribution in [-0.4, -0.2) is 163 Å². The average Bonchev–Trinajstić information content (AvgIpc) is 4.10. The SMILES string of the molecule is COC[C@H]1[C@@H](O)[C@H](n2c[n+](C)c3c(=O)[nH]c(N)nc32)O[C@@H]1COP(=O)(O)OP(=O)(O)OP(=O)(O)OC[C@H]1O[C@@H](n2cnc3c(N)ncnc32)[C@H](OC)[C@@H]1P(=O)([O-])OC[C@H]1O[C@@H](n2ccc(=O)[nH]c2=O)[C@H](O)[C@@H]1O. The molecule has 8 heterocycles. The Morgan fingerprint density at radius 3 is 2.05 bits per heavy atom. The number of phosphoric acid groups is 3. The molecule has 5 aromatic heterocycles. The molecule has 12 N–H and O–H groups in total. The number of aromatic amines is 2. The highest BCUT2D eigenvalue weighted by atomic mass is 31.3. The normalized spacial score (nSPS) is 30.9. The number of phosphoric ester groups is 2. The molecule has 73 heavy (non-hydrogen) atoms. The zero-order chi connectivity index (χ0) is 53.1. The van der Waals surface area contributed by atoms with E-state index in [2.05, 4.69) is 33.5 Å². The predicted octanol–water partition coefficient (Wildman–Crippen LogP) is -4.54. The number of fused-ring (bicyclic) bond motifs is 2. The number of nitrogens with zero attached hydrogens (tertiary/aromatic N) is 8. The summed E-state index contributed by atoms with van der Waals surface area (Å²) in [7, 11) is -19.8. The van der Waals surface area contributed by atoms with Crippen LogP contribution in [0.5, 0.6) is 0 Å². The van der Waals surface area contributed by atoms with Gasteiger partial charge in [0, 0.05) is 32.4 Å². The Labute approximate surface area is 406 Å². The topological polar surface area (TPSA) is 510 Å². The minimum absolute atomic E-state index is 0.0209. The Morgan fingerprint density at radius 1 is 0.767 bits per heavy atom. The van der Waals surface area contributed by atoms with Crippen LogP contribution in [0.1, 0.15) is 18.7 Å². The summed E-state index contributed by atoms with van der Waals surface area (Å²) in [6.45, 7) is -3.62. The van der Waals surface area contributed by atoms with E-state index in [0.29, 0.717) is 0 Å². The van der Waals surface area contributed by atoms with Crippen molar-refractivity contribution >= 4 is 65.2 Å². The summed E-state index contributed by atoms with van der Waals surface area (Å²) in [5.74, 6) is -1.42. The van der Waals surface area contributed by atoms with Crippen LogP contribution < -0.4 is 37.7 Å². The summed E-state index contributed by atoms with van der Waals surface area (Å²) in [5, 5.41) is 32.7. The molecule has 40 heteroatoms. The molecule has 3 fully saturated rings. The van der Waals surface area contributed by atoms with Crippen molar-refractivity contribution in [3.8, 4) is 0 Å². The van der Waals surface area contributed by atoms with Gasteiger partial charge in [0.05, 0.1) is 57.7 Å². The summed E-state index contributed by atoms with van der Waals surface area (Å²) in [6, 6.07) is 0.917. The lowest BCUT2D eigenvalue weighted by Crippen LogP contribution is -2.40. The minimum atomic E-state index is -6.20. The first kappa shape index (κ1) is 54.7. The second kappa shape index (κ2) is 20.9. The molecule has 0 bridgehead atoms. The van der Waals surface area contributed by atoms with Crippen molar-refractivity contribution in [2.75, 3.05) is 52.1 Å². The van der Waals surface area contributed by atoms with Crippen LogP contribution in [0.2, 0.25) is 0 Å². The highest BCUT2D eigenvalue weighted by Crippen LogP contribution is 2.68. The van der Waals surface area contributed by atoms with Crippen LogP contribution >= 0.6 is 31.1 Å². The summed E-state index contributed by atoms with van der Waals surface area (Å²) in [5.41, 5.74) is 7.09. The van der Waals surface area contributed by atoms with Crippen molar-refractivity contribution in [2.24, 2.45) is 13.0 Å². The number of ether oxygens (including phenoxy) is 5. The summed E-state index contributed by atoms with van der Waals surface area (Å²) >= 11 is 0.